The van der Waals surface area contributed by atoms with Gasteiger partial charge in [0.05, 0.1) is 6.61 Å². The highest BCUT2D eigenvalue weighted by molar-refractivity contribution is 5.89. The highest BCUT2D eigenvalue weighted by Crippen LogP contribution is 2.42. The second-order valence-corrected chi connectivity index (χ2v) is 9.27. The Hall–Kier alpha value is -3.59. The third kappa shape index (κ3) is 5.24. The zero-order chi connectivity index (χ0) is 24.0. The molecule has 2 heterocycles. The van der Waals surface area contributed by atoms with Gasteiger partial charge in [-0.3, -0.25) is 4.90 Å². The lowest BCUT2D eigenvalue weighted by atomic mass is 9.74. The van der Waals surface area contributed by atoms with Crippen LogP contribution in [0, 0.1) is 11.8 Å². The number of carbonyl (C=O) groups is 1. The van der Waals surface area contributed by atoms with E-state index in [1.807, 2.05) is 65.6 Å². The quantitative estimate of drug-likeness (QED) is 0.559. The van der Waals surface area contributed by atoms with E-state index in [1.54, 1.807) is 0 Å². The van der Waals surface area contributed by atoms with Crippen molar-refractivity contribution in [3.63, 3.8) is 0 Å². The third-order valence-corrected chi connectivity index (χ3v) is 7.10. The summed E-state index contributed by atoms with van der Waals surface area (Å²) in [7, 11) is 0. The lowest BCUT2D eigenvalue weighted by Crippen LogP contribution is -2.68. The van der Waals surface area contributed by atoms with Crippen molar-refractivity contribution in [2.24, 2.45) is 0 Å². The van der Waals surface area contributed by atoms with Crippen molar-refractivity contribution in [2.75, 3.05) is 31.6 Å². The molecule has 5 nitrogen and oxygen atoms in total. The highest BCUT2D eigenvalue weighted by Gasteiger charge is 2.49. The molecule has 3 aromatic carbocycles. The standard InChI is InChI=1S/C30H31N3O2/c34-22-28-29(25-17-15-24(16-18-25)14-13-23-9-3-1-4-10-23)27-21-32(19-7-8-20-33(27)28)30(35)31-26-11-5-2-6-12-26/h1-6,9-12,15-18,27-29,34H,7-8,19-22H2,(H,31,35)/t27-,28-,29+/m1/s1. The van der Waals surface area contributed by atoms with Crippen LogP contribution in [-0.2, 0) is 0 Å². The molecular formula is C30H31N3O2. The van der Waals surface area contributed by atoms with E-state index in [0.717, 1.165) is 42.7 Å². The van der Waals surface area contributed by atoms with Crippen LogP contribution in [0.2, 0.25) is 0 Å². The largest absolute Gasteiger partial charge is 0.395 e. The van der Waals surface area contributed by atoms with Gasteiger partial charge in [-0.25, -0.2) is 4.79 Å². The number of carbonyl (C=O) groups excluding carboxylic acids is 1. The molecule has 2 saturated heterocycles. The number of para-hydroxylation sites is 1. The molecule has 2 aliphatic heterocycles. The van der Waals surface area contributed by atoms with E-state index in [1.165, 1.54) is 5.56 Å². The molecule has 3 aromatic rings. The molecule has 0 saturated carbocycles. The molecule has 5 heteroatoms. The van der Waals surface area contributed by atoms with Crippen LogP contribution in [0.1, 0.15) is 35.4 Å². The zero-order valence-corrected chi connectivity index (χ0v) is 19.8. The summed E-state index contributed by atoms with van der Waals surface area (Å²) >= 11 is 0. The average molecular weight is 466 g/mol. The maximum atomic E-state index is 13.1. The number of nitrogens with zero attached hydrogens (tertiary/aromatic N) is 2. The third-order valence-electron chi connectivity index (χ3n) is 7.10. The molecule has 2 amide bonds. The summed E-state index contributed by atoms with van der Waals surface area (Å²) in [6, 6.07) is 28.2. The molecule has 0 aromatic heterocycles. The van der Waals surface area contributed by atoms with Crippen molar-refractivity contribution < 1.29 is 9.90 Å². The summed E-state index contributed by atoms with van der Waals surface area (Å²) in [6.45, 7) is 2.47. The minimum absolute atomic E-state index is 0.0595. The van der Waals surface area contributed by atoms with E-state index in [2.05, 4.69) is 46.3 Å². The number of anilines is 1. The van der Waals surface area contributed by atoms with Crippen molar-refractivity contribution in [1.29, 1.82) is 0 Å². The van der Waals surface area contributed by atoms with E-state index in [-0.39, 0.29) is 30.6 Å². The van der Waals surface area contributed by atoms with Crippen LogP contribution in [0.25, 0.3) is 0 Å². The number of nitrogens with one attached hydrogen (secondary N) is 1. The molecule has 178 valence electrons. The van der Waals surface area contributed by atoms with Crippen LogP contribution < -0.4 is 5.32 Å². The molecule has 0 aliphatic carbocycles. The number of hydrogen-bond acceptors (Lipinski definition) is 3. The number of aliphatic hydroxyl groups excluding tert-OH is 1. The molecule has 2 fully saturated rings. The van der Waals surface area contributed by atoms with Crippen molar-refractivity contribution in [3.8, 4) is 11.8 Å². The van der Waals surface area contributed by atoms with Crippen molar-refractivity contribution in [2.45, 2.75) is 30.8 Å². The summed E-state index contributed by atoms with van der Waals surface area (Å²) in [5.41, 5.74) is 3.97. The summed E-state index contributed by atoms with van der Waals surface area (Å²) in [6.07, 6.45) is 1.98. The number of rotatable bonds is 3. The first-order chi connectivity index (χ1) is 17.2. The normalized spacial score (nSPS) is 22.0. The maximum absolute atomic E-state index is 13.1. The van der Waals surface area contributed by atoms with E-state index in [4.69, 9.17) is 0 Å². The molecule has 2 aliphatic rings. The number of urea groups is 1. The fraction of sp³-hybridized carbons (Fsp3) is 0.300. The van der Waals surface area contributed by atoms with Crippen LogP contribution in [0.15, 0.2) is 84.9 Å². The minimum atomic E-state index is -0.0595. The summed E-state index contributed by atoms with van der Waals surface area (Å²) < 4.78 is 0. The number of hydrogen-bond donors (Lipinski definition) is 2. The number of amides is 2. The van der Waals surface area contributed by atoms with Gasteiger partial charge < -0.3 is 15.3 Å². The Balaban J connectivity index is 1.32. The van der Waals surface area contributed by atoms with Gasteiger partial charge in [-0.2, -0.15) is 0 Å². The summed E-state index contributed by atoms with van der Waals surface area (Å²) in [5.74, 6) is 6.63. The first-order valence-electron chi connectivity index (χ1n) is 12.4. The van der Waals surface area contributed by atoms with E-state index >= 15 is 0 Å². The second kappa shape index (κ2) is 10.8. The summed E-state index contributed by atoms with van der Waals surface area (Å²) in [4.78, 5) is 17.4. The molecule has 0 unspecified atom stereocenters. The lowest BCUT2D eigenvalue weighted by Gasteiger charge is -2.57. The Kier molecular flexibility index (Phi) is 7.13. The molecule has 5 rings (SSSR count). The first-order valence-corrected chi connectivity index (χ1v) is 12.4. The van der Waals surface area contributed by atoms with Crippen molar-refractivity contribution in [3.05, 3.63) is 102 Å². The van der Waals surface area contributed by atoms with Crippen molar-refractivity contribution in [1.82, 2.24) is 9.80 Å². The Labute approximate surface area is 207 Å². The minimum Gasteiger partial charge on any atom is -0.395 e. The Morgan fingerprint density at radius 1 is 0.857 bits per heavy atom. The van der Waals surface area contributed by atoms with E-state index < -0.39 is 0 Å². The first kappa shape index (κ1) is 23.2. The molecule has 0 spiro atoms. The van der Waals surface area contributed by atoms with Gasteiger partial charge in [-0.05, 0) is 61.3 Å². The predicted octanol–water partition coefficient (Wildman–Crippen LogP) is 4.54. The van der Waals surface area contributed by atoms with Crippen LogP contribution in [0.5, 0.6) is 0 Å². The molecule has 35 heavy (non-hydrogen) atoms. The fourth-order valence-corrected chi connectivity index (χ4v) is 5.30. The summed E-state index contributed by atoms with van der Waals surface area (Å²) in [5, 5.41) is 13.2. The van der Waals surface area contributed by atoms with Gasteiger partial charge in [0.15, 0.2) is 0 Å². The van der Waals surface area contributed by atoms with Gasteiger partial charge in [0.25, 0.3) is 0 Å². The highest BCUT2D eigenvalue weighted by atomic mass is 16.3. The molecular weight excluding hydrogens is 434 g/mol. The number of fused-ring (bicyclic) bond motifs is 1. The smallest absolute Gasteiger partial charge is 0.321 e. The monoisotopic (exact) mass is 465 g/mol. The van der Waals surface area contributed by atoms with Crippen molar-refractivity contribution >= 4 is 11.7 Å². The lowest BCUT2D eigenvalue weighted by molar-refractivity contribution is -0.0585. The Morgan fingerprint density at radius 2 is 1.49 bits per heavy atom. The Bertz CT molecular complexity index is 1190. The molecule has 3 atom stereocenters. The number of benzene rings is 3. The topological polar surface area (TPSA) is 55.8 Å². The van der Waals surface area contributed by atoms with E-state index in [9.17, 15) is 9.90 Å². The van der Waals surface area contributed by atoms with E-state index in [0.29, 0.717) is 6.54 Å². The van der Waals surface area contributed by atoms with Crippen LogP contribution in [0.3, 0.4) is 0 Å². The van der Waals surface area contributed by atoms with Gasteiger partial charge in [0.2, 0.25) is 0 Å². The van der Waals surface area contributed by atoms with Gasteiger partial charge in [0, 0.05) is 47.9 Å². The van der Waals surface area contributed by atoms with Gasteiger partial charge in [-0.1, -0.05) is 60.4 Å². The van der Waals surface area contributed by atoms with Crippen LogP contribution >= 0.6 is 0 Å². The maximum Gasteiger partial charge on any atom is 0.321 e. The second-order valence-electron chi connectivity index (χ2n) is 9.27. The Morgan fingerprint density at radius 3 is 2.17 bits per heavy atom. The SMILES string of the molecule is O=C(Nc1ccccc1)N1CCCCN2[C@H](CO)[C@@H](c3ccc(C#Cc4ccccc4)cc3)[C@H]2C1. The van der Waals surface area contributed by atoms with Crippen LogP contribution in [-0.4, -0.2) is 59.3 Å². The van der Waals surface area contributed by atoms with Gasteiger partial charge in [-0.15, -0.1) is 0 Å². The van der Waals surface area contributed by atoms with Gasteiger partial charge in [0.1, 0.15) is 0 Å². The number of aliphatic hydroxyl groups is 1. The fourth-order valence-electron chi connectivity index (χ4n) is 5.30. The van der Waals surface area contributed by atoms with Gasteiger partial charge >= 0.3 is 6.03 Å². The van der Waals surface area contributed by atoms with Crippen LogP contribution in [0.4, 0.5) is 10.5 Å². The molecule has 0 bridgehead atoms. The average Bonchev–Trinajstić information content (AvgIpc) is 2.88. The predicted molar refractivity (Wildman–Crippen MR) is 139 cm³/mol. The molecule has 0 radical (unpaired) electrons. The zero-order valence-electron chi connectivity index (χ0n) is 19.8. The molecule has 2 N–H and O–H groups in total.